The number of hydrogen-bond donors (Lipinski definition) is 2. The zero-order valence-electron chi connectivity index (χ0n) is 17.3. The average Bonchev–Trinajstić information content (AvgIpc) is 2.65. The first kappa shape index (κ1) is 21.5. The van der Waals surface area contributed by atoms with Crippen molar-refractivity contribution in [1.29, 1.82) is 0 Å². The van der Waals surface area contributed by atoms with E-state index >= 15 is 0 Å². The summed E-state index contributed by atoms with van der Waals surface area (Å²) in [6.07, 6.45) is 1.01. The molecule has 0 fully saturated rings. The molecule has 2 rings (SSSR count). The van der Waals surface area contributed by atoms with Crippen molar-refractivity contribution in [2.45, 2.75) is 47.0 Å². The number of carbonyl (C=O) groups is 2. The lowest BCUT2D eigenvalue weighted by Gasteiger charge is -2.15. The van der Waals surface area contributed by atoms with E-state index in [0.29, 0.717) is 11.7 Å². The molecule has 2 N–H and O–H groups in total. The van der Waals surface area contributed by atoms with Crippen LogP contribution in [-0.2, 0) is 16.0 Å². The highest BCUT2D eigenvalue weighted by atomic mass is 16.5. The second kappa shape index (κ2) is 9.93. The minimum atomic E-state index is -0.409. The monoisotopic (exact) mass is 382 g/mol. The number of rotatable bonds is 7. The summed E-state index contributed by atoms with van der Waals surface area (Å²) in [4.78, 5) is 24.3. The first-order valence-electron chi connectivity index (χ1n) is 9.64. The highest BCUT2D eigenvalue weighted by molar-refractivity contribution is 5.86. The fourth-order valence-electron chi connectivity index (χ4n) is 2.95. The van der Waals surface area contributed by atoms with E-state index in [-0.39, 0.29) is 18.4 Å². The number of hydrogen-bond acceptors (Lipinski definition) is 3. The Bertz CT molecular complexity index is 813. The summed E-state index contributed by atoms with van der Waals surface area (Å²) >= 11 is 0. The molecule has 2 aromatic rings. The Morgan fingerprint density at radius 2 is 1.64 bits per heavy atom. The Hall–Kier alpha value is -2.82. The first-order valence-corrected chi connectivity index (χ1v) is 9.64. The number of amides is 2. The molecular weight excluding hydrogens is 352 g/mol. The largest absolute Gasteiger partial charge is 0.483 e. The molecule has 2 amide bonds. The molecule has 28 heavy (non-hydrogen) atoms. The number of carbonyl (C=O) groups excluding carboxylic acids is 2. The van der Waals surface area contributed by atoms with Crippen molar-refractivity contribution in [2.24, 2.45) is 5.92 Å². The van der Waals surface area contributed by atoms with Gasteiger partial charge < -0.3 is 4.74 Å². The van der Waals surface area contributed by atoms with Crippen LogP contribution in [0, 0.1) is 19.8 Å². The number of hydrazine groups is 1. The van der Waals surface area contributed by atoms with E-state index in [9.17, 15) is 9.59 Å². The van der Waals surface area contributed by atoms with E-state index in [4.69, 9.17) is 4.74 Å². The lowest BCUT2D eigenvalue weighted by molar-refractivity contribution is -0.130. The third kappa shape index (κ3) is 6.41. The maximum Gasteiger partial charge on any atom is 0.276 e. The third-order valence-electron chi connectivity index (χ3n) is 4.53. The van der Waals surface area contributed by atoms with Crippen LogP contribution in [0.15, 0.2) is 42.5 Å². The second-order valence-corrected chi connectivity index (χ2v) is 7.66. The van der Waals surface area contributed by atoms with Gasteiger partial charge in [0.1, 0.15) is 5.75 Å². The standard InChI is InChI=1S/C23H30N2O3/c1-15(2)12-19-7-9-20(10-8-19)18(5)23(27)25-24-22(26)14-28-21-11-6-16(3)13-17(21)4/h6-11,13,15,18H,12,14H2,1-5H3,(H,24,26)(H,25,27). The molecule has 2 aromatic carbocycles. The van der Waals surface area contributed by atoms with Crippen LogP contribution in [0.4, 0.5) is 0 Å². The zero-order valence-corrected chi connectivity index (χ0v) is 17.3. The van der Waals surface area contributed by atoms with Crippen molar-refractivity contribution in [3.8, 4) is 5.75 Å². The van der Waals surface area contributed by atoms with E-state index in [1.165, 1.54) is 5.56 Å². The molecule has 0 saturated carbocycles. The highest BCUT2D eigenvalue weighted by Gasteiger charge is 2.16. The van der Waals surface area contributed by atoms with E-state index in [0.717, 1.165) is 23.1 Å². The van der Waals surface area contributed by atoms with Gasteiger partial charge in [-0.25, -0.2) is 0 Å². The van der Waals surface area contributed by atoms with Gasteiger partial charge >= 0.3 is 0 Å². The molecule has 0 bridgehead atoms. The smallest absolute Gasteiger partial charge is 0.276 e. The van der Waals surface area contributed by atoms with Crippen molar-refractivity contribution in [3.05, 3.63) is 64.7 Å². The van der Waals surface area contributed by atoms with Gasteiger partial charge in [-0.05, 0) is 55.9 Å². The quantitative estimate of drug-likeness (QED) is 0.715. The SMILES string of the molecule is Cc1ccc(OCC(=O)NNC(=O)C(C)c2ccc(CC(C)C)cc2)c(C)c1. The summed E-state index contributed by atoms with van der Waals surface area (Å²) in [6.45, 7) is 9.93. The number of ether oxygens (including phenoxy) is 1. The van der Waals surface area contributed by atoms with Crippen LogP contribution in [0.3, 0.4) is 0 Å². The molecule has 0 aromatic heterocycles. The molecule has 0 spiro atoms. The van der Waals surface area contributed by atoms with Crippen LogP contribution in [-0.4, -0.2) is 18.4 Å². The summed E-state index contributed by atoms with van der Waals surface area (Å²) in [5.74, 6) is 0.201. The van der Waals surface area contributed by atoms with Crippen molar-refractivity contribution < 1.29 is 14.3 Å². The minimum absolute atomic E-state index is 0.164. The van der Waals surface area contributed by atoms with Gasteiger partial charge in [0.15, 0.2) is 6.61 Å². The molecule has 150 valence electrons. The third-order valence-corrected chi connectivity index (χ3v) is 4.53. The van der Waals surface area contributed by atoms with Gasteiger partial charge in [0.05, 0.1) is 5.92 Å². The van der Waals surface area contributed by atoms with Crippen LogP contribution in [0.2, 0.25) is 0 Å². The van der Waals surface area contributed by atoms with Crippen LogP contribution in [0.1, 0.15) is 48.9 Å². The molecule has 0 aliphatic rings. The maximum atomic E-state index is 12.3. The maximum absolute atomic E-state index is 12.3. The van der Waals surface area contributed by atoms with Crippen LogP contribution >= 0.6 is 0 Å². The summed E-state index contributed by atoms with van der Waals surface area (Å²) in [7, 11) is 0. The van der Waals surface area contributed by atoms with Crippen molar-refractivity contribution >= 4 is 11.8 Å². The molecule has 1 unspecified atom stereocenters. The van der Waals surface area contributed by atoms with Crippen molar-refractivity contribution in [1.82, 2.24) is 10.9 Å². The Morgan fingerprint density at radius 1 is 0.964 bits per heavy atom. The van der Waals surface area contributed by atoms with Gasteiger partial charge in [-0.1, -0.05) is 55.8 Å². The first-order chi connectivity index (χ1) is 13.3. The van der Waals surface area contributed by atoms with E-state index in [1.54, 1.807) is 0 Å². The normalized spacial score (nSPS) is 11.8. The lowest BCUT2D eigenvalue weighted by atomic mass is 9.96. The topological polar surface area (TPSA) is 67.4 Å². The zero-order chi connectivity index (χ0) is 20.7. The van der Waals surface area contributed by atoms with E-state index < -0.39 is 5.91 Å². The molecule has 0 saturated heterocycles. The molecule has 0 aliphatic carbocycles. The lowest BCUT2D eigenvalue weighted by Crippen LogP contribution is -2.45. The summed E-state index contributed by atoms with van der Waals surface area (Å²) in [5, 5.41) is 0. The van der Waals surface area contributed by atoms with Crippen molar-refractivity contribution in [3.63, 3.8) is 0 Å². The molecule has 0 heterocycles. The van der Waals surface area contributed by atoms with Gasteiger partial charge in [0.2, 0.25) is 5.91 Å². The molecule has 0 aliphatic heterocycles. The van der Waals surface area contributed by atoms with Crippen molar-refractivity contribution in [2.75, 3.05) is 6.61 Å². The predicted octanol–water partition coefficient (Wildman–Crippen LogP) is 3.83. The Kier molecular flexibility index (Phi) is 7.61. The molecular formula is C23H30N2O3. The molecule has 1 atom stereocenters. The van der Waals surface area contributed by atoms with Crippen LogP contribution < -0.4 is 15.6 Å². The van der Waals surface area contributed by atoms with Gasteiger partial charge in [0.25, 0.3) is 5.91 Å². The van der Waals surface area contributed by atoms with Gasteiger partial charge in [0, 0.05) is 0 Å². The fourth-order valence-corrected chi connectivity index (χ4v) is 2.95. The predicted molar refractivity (Wildman–Crippen MR) is 111 cm³/mol. The fraction of sp³-hybridized carbons (Fsp3) is 0.391. The molecule has 5 nitrogen and oxygen atoms in total. The van der Waals surface area contributed by atoms with Crippen LogP contribution in [0.25, 0.3) is 0 Å². The van der Waals surface area contributed by atoms with Gasteiger partial charge in [-0.3, -0.25) is 20.4 Å². The Balaban J connectivity index is 1.81. The Labute approximate surface area is 167 Å². The molecule has 0 radical (unpaired) electrons. The highest BCUT2D eigenvalue weighted by Crippen LogP contribution is 2.19. The summed E-state index contributed by atoms with van der Waals surface area (Å²) < 4.78 is 5.51. The minimum Gasteiger partial charge on any atom is -0.483 e. The molecule has 5 heteroatoms. The Morgan fingerprint density at radius 3 is 2.25 bits per heavy atom. The number of aryl methyl sites for hydroxylation is 2. The van der Waals surface area contributed by atoms with Gasteiger partial charge in [-0.15, -0.1) is 0 Å². The average molecular weight is 383 g/mol. The van der Waals surface area contributed by atoms with Crippen LogP contribution in [0.5, 0.6) is 5.75 Å². The van der Waals surface area contributed by atoms with Gasteiger partial charge in [-0.2, -0.15) is 0 Å². The van der Waals surface area contributed by atoms with E-state index in [1.807, 2.05) is 51.1 Å². The van der Waals surface area contributed by atoms with E-state index in [2.05, 4.69) is 36.8 Å². The number of benzene rings is 2. The summed E-state index contributed by atoms with van der Waals surface area (Å²) in [6, 6.07) is 13.8. The number of nitrogens with one attached hydrogen (secondary N) is 2. The summed E-state index contributed by atoms with van der Waals surface area (Å²) in [5.41, 5.74) is 9.13. The second-order valence-electron chi connectivity index (χ2n) is 7.66.